The first-order chi connectivity index (χ1) is 15.9. The molecule has 33 heavy (non-hydrogen) atoms. The zero-order valence-corrected chi connectivity index (χ0v) is 18.4. The summed E-state index contributed by atoms with van der Waals surface area (Å²) >= 11 is 0. The summed E-state index contributed by atoms with van der Waals surface area (Å²) in [5, 5.41) is 15.7. The highest BCUT2D eigenvalue weighted by Gasteiger charge is 2.45. The maximum atomic E-state index is 12.4. The zero-order valence-electron chi connectivity index (χ0n) is 18.4. The number of carbonyl (C=O) groups excluding carboxylic acids is 1. The highest BCUT2D eigenvalue weighted by Crippen LogP contribution is 2.50. The number of hydrogen-bond donors (Lipinski definition) is 2. The number of hydrogen-bond acceptors (Lipinski definition) is 5. The predicted molar refractivity (Wildman–Crippen MR) is 122 cm³/mol. The third-order valence-corrected chi connectivity index (χ3v) is 5.80. The molecule has 7 nitrogen and oxygen atoms in total. The summed E-state index contributed by atoms with van der Waals surface area (Å²) in [7, 11) is 0. The number of nitrogens with one attached hydrogen (secondary N) is 1. The summed E-state index contributed by atoms with van der Waals surface area (Å²) in [6.45, 7) is 3.50. The minimum atomic E-state index is -0.784. The quantitative estimate of drug-likeness (QED) is 0.507. The molecule has 1 aromatic heterocycles. The van der Waals surface area contributed by atoms with Crippen LogP contribution in [0.1, 0.15) is 60.4 Å². The first-order valence-corrected chi connectivity index (χ1v) is 10.7. The molecule has 2 aromatic carbocycles. The number of nitrogens with zero attached hydrogens (tertiary/aromatic N) is 1. The lowest BCUT2D eigenvalue weighted by molar-refractivity contribution is -0.137. The second-order valence-electron chi connectivity index (χ2n) is 8.23. The van der Waals surface area contributed by atoms with E-state index in [2.05, 4.69) is 22.3 Å². The number of rotatable bonds is 6. The van der Waals surface area contributed by atoms with Gasteiger partial charge < -0.3 is 14.4 Å². The van der Waals surface area contributed by atoms with Gasteiger partial charge in [-0.05, 0) is 55.9 Å². The summed E-state index contributed by atoms with van der Waals surface area (Å²) < 4.78 is 10.7. The molecule has 1 aliphatic rings. The van der Waals surface area contributed by atoms with Crippen LogP contribution in [0.15, 0.2) is 59.1 Å². The lowest BCUT2D eigenvalue weighted by atomic mass is 9.92. The topological polar surface area (TPSA) is 102 Å². The van der Waals surface area contributed by atoms with E-state index in [0.29, 0.717) is 11.4 Å². The lowest BCUT2D eigenvalue weighted by Gasteiger charge is -2.13. The Morgan fingerprint density at radius 3 is 2.48 bits per heavy atom. The molecule has 0 saturated heterocycles. The van der Waals surface area contributed by atoms with E-state index in [4.69, 9.17) is 14.4 Å². The molecule has 3 aromatic rings. The van der Waals surface area contributed by atoms with Crippen LogP contribution in [0.25, 0.3) is 0 Å². The van der Waals surface area contributed by atoms with Crippen LogP contribution in [-0.4, -0.2) is 22.3 Å². The van der Waals surface area contributed by atoms with Gasteiger partial charge in [-0.25, -0.2) is 4.79 Å². The molecule has 7 heteroatoms. The van der Waals surface area contributed by atoms with Crippen molar-refractivity contribution < 1.29 is 24.0 Å². The average molecular weight is 444 g/mol. The molecule has 1 fully saturated rings. The maximum Gasteiger partial charge on any atom is 0.412 e. The van der Waals surface area contributed by atoms with Crippen LogP contribution in [-0.2, 0) is 14.9 Å². The molecule has 1 aliphatic carbocycles. The van der Waals surface area contributed by atoms with E-state index in [9.17, 15) is 9.59 Å². The maximum absolute atomic E-state index is 12.4. The van der Waals surface area contributed by atoms with E-state index in [1.54, 1.807) is 13.8 Å². The standard InChI is InChI=1S/C26H24N2O5/c1-17-24(27-25(31)32-18(2)20-6-4-3-5-7-20)22(33-28-17)13-10-19-8-11-21(12-9-19)26(14-15-26)16-23(29)30/h3-9,11-12,18H,14-16H2,1-2H3,(H,27,31)(H,29,30). The highest BCUT2D eigenvalue weighted by atomic mass is 16.6. The Kier molecular flexibility index (Phi) is 6.18. The van der Waals surface area contributed by atoms with Crippen molar-refractivity contribution in [2.24, 2.45) is 0 Å². The van der Waals surface area contributed by atoms with Gasteiger partial charge in [0.05, 0.1) is 6.42 Å². The van der Waals surface area contributed by atoms with Gasteiger partial charge in [-0.1, -0.05) is 53.5 Å². The monoisotopic (exact) mass is 444 g/mol. The minimum absolute atomic E-state index is 0.142. The van der Waals surface area contributed by atoms with Gasteiger partial charge in [-0.3, -0.25) is 10.1 Å². The van der Waals surface area contributed by atoms with Crippen molar-refractivity contribution in [3.8, 4) is 11.8 Å². The molecule has 4 rings (SSSR count). The van der Waals surface area contributed by atoms with Gasteiger partial charge in [0, 0.05) is 11.0 Å². The van der Waals surface area contributed by atoms with E-state index >= 15 is 0 Å². The van der Waals surface area contributed by atoms with Crippen molar-refractivity contribution in [1.29, 1.82) is 0 Å². The summed E-state index contributed by atoms with van der Waals surface area (Å²) in [5.74, 6) is 5.35. The molecule has 2 N–H and O–H groups in total. The average Bonchev–Trinajstić information content (AvgIpc) is 3.50. The molecule has 0 radical (unpaired) electrons. The number of aromatic nitrogens is 1. The number of anilines is 1. The van der Waals surface area contributed by atoms with E-state index in [1.165, 1.54) is 0 Å². The van der Waals surface area contributed by atoms with Crippen molar-refractivity contribution in [2.75, 3.05) is 5.32 Å². The van der Waals surface area contributed by atoms with Gasteiger partial charge in [-0.15, -0.1) is 0 Å². The molecular weight excluding hydrogens is 420 g/mol. The summed E-state index contributed by atoms with van der Waals surface area (Å²) in [5.41, 5.74) is 3.25. The van der Waals surface area contributed by atoms with Gasteiger partial charge in [-0.2, -0.15) is 0 Å². The van der Waals surface area contributed by atoms with Gasteiger partial charge in [0.2, 0.25) is 5.76 Å². The Labute approximate surface area is 191 Å². The van der Waals surface area contributed by atoms with Crippen LogP contribution in [0.4, 0.5) is 10.5 Å². The number of ether oxygens (including phenoxy) is 1. The van der Waals surface area contributed by atoms with Crippen molar-refractivity contribution in [1.82, 2.24) is 5.16 Å². The van der Waals surface area contributed by atoms with E-state index in [-0.39, 0.29) is 17.6 Å². The Bertz CT molecular complexity index is 1220. The number of carboxylic acid groups (broad SMARTS) is 1. The largest absolute Gasteiger partial charge is 0.481 e. The number of aryl methyl sites for hydroxylation is 1. The molecule has 0 spiro atoms. The second kappa shape index (κ2) is 9.21. The van der Waals surface area contributed by atoms with Gasteiger partial charge in [0.25, 0.3) is 0 Å². The van der Waals surface area contributed by atoms with Crippen LogP contribution in [0.5, 0.6) is 0 Å². The number of benzene rings is 2. The Hall–Kier alpha value is -4.05. The van der Waals surface area contributed by atoms with Gasteiger partial charge >= 0.3 is 12.1 Å². The number of carbonyl (C=O) groups is 2. The van der Waals surface area contributed by atoms with Crippen LogP contribution in [0, 0.1) is 18.8 Å². The van der Waals surface area contributed by atoms with Crippen LogP contribution in [0.3, 0.4) is 0 Å². The molecule has 0 aliphatic heterocycles. The molecule has 0 bridgehead atoms. The molecule has 1 heterocycles. The molecule has 1 saturated carbocycles. The van der Waals surface area contributed by atoms with Crippen molar-refractivity contribution in [3.63, 3.8) is 0 Å². The van der Waals surface area contributed by atoms with E-state index < -0.39 is 18.2 Å². The fourth-order valence-corrected chi connectivity index (χ4v) is 3.73. The van der Waals surface area contributed by atoms with Crippen molar-refractivity contribution >= 4 is 17.7 Å². The fraction of sp³-hybridized carbons (Fsp3) is 0.269. The summed E-state index contributed by atoms with van der Waals surface area (Å²) in [6.07, 6.45) is 0.864. The fourth-order valence-electron chi connectivity index (χ4n) is 3.73. The second-order valence-corrected chi connectivity index (χ2v) is 8.23. The summed E-state index contributed by atoms with van der Waals surface area (Å²) in [6, 6.07) is 17.0. The van der Waals surface area contributed by atoms with Crippen molar-refractivity contribution in [3.05, 3.63) is 82.7 Å². The number of aliphatic carboxylic acids is 1. The molecule has 168 valence electrons. The zero-order chi connectivity index (χ0) is 23.4. The third-order valence-electron chi connectivity index (χ3n) is 5.80. The lowest BCUT2D eigenvalue weighted by Crippen LogP contribution is -2.16. The molecule has 1 unspecified atom stereocenters. The summed E-state index contributed by atoms with van der Waals surface area (Å²) in [4.78, 5) is 23.5. The SMILES string of the molecule is Cc1noc(C#Cc2ccc(C3(CC(=O)O)CC3)cc2)c1NC(=O)OC(C)c1ccccc1. The predicted octanol–water partition coefficient (Wildman–Crippen LogP) is 5.20. The Morgan fingerprint density at radius 1 is 1.15 bits per heavy atom. The van der Waals surface area contributed by atoms with Gasteiger partial charge in [0.15, 0.2) is 0 Å². The van der Waals surface area contributed by atoms with E-state index in [0.717, 1.165) is 29.5 Å². The molecule has 1 atom stereocenters. The Balaban J connectivity index is 1.44. The molecular formula is C26H24N2O5. The smallest absolute Gasteiger partial charge is 0.412 e. The highest BCUT2D eigenvalue weighted by molar-refractivity contribution is 5.87. The number of amides is 1. The third kappa shape index (κ3) is 5.24. The number of carboxylic acids is 1. The van der Waals surface area contributed by atoms with Crippen LogP contribution < -0.4 is 5.32 Å². The van der Waals surface area contributed by atoms with Gasteiger partial charge in [0.1, 0.15) is 17.5 Å². The first-order valence-electron chi connectivity index (χ1n) is 10.7. The first kappa shape index (κ1) is 22.2. The Morgan fingerprint density at radius 2 is 1.85 bits per heavy atom. The molecule has 1 amide bonds. The van der Waals surface area contributed by atoms with Crippen LogP contribution >= 0.6 is 0 Å². The van der Waals surface area contributed by atoms with Crippen LogP contribution in [0.2, 0.25) is 0 Å². The van der Waals surface area contributed by atoms with Crippen molar-refractivity contribution in [2.45, 2.75) is 44.6 Å². The van der Waals surface area contributed by atoms with E-state index in [1.807, 2.05) is 54.6 Å². The minimum Gasteiger partial charge on any atom is -0.481 e. The normalized spacial score (nSPS) is 14.5.